The average molecular weight is 388 g/mol. The van der Waals surface area contributed by atoms with Gasteiger partial charge in [-0.05, 0) is 6.42 Å². The number of hydrogen-bond donors (Lipinski definition) is 0. The van der Waals surface area contributed by atoms with Crippen LogP contribution in [-0.4, -0.2) is 60.9 Å². The molecule has 1 aliphatic rings. The Labute approximate surface area is 156 Å². The van der Waals surface area contributed by atoms with Crippen LogP contribution >= 0.6 is 0 Å². The minimum absolute atomic E-state index is 0.0561. The van der Waals surface area contributed by atoms with E-state index in [2.05, 4.69) is 0 Å². The number of esters is 5. The van der Waals surface area contributed by atoms with E-state index < -0.39 is 60.2 Å². The zero-order chi connectivity index (χ0) is 20.7. The first-order valence-corrected chi connectivity index (χ1v) is 8.33. The van der Waals surface area contributed by atoms with E-state index in [1.54, 1.807) is 0 Å². The number of hydrogen-bond acceptors (Lipinski definition) is 10. The summed E-state index contributed by atoms with van der Waals surface area (Å²) in [5.74, 6) is -3.95. The van der Waals surface area contributed by atoms with E-state index in [1.165, 1.54) is 13.8 Å². The summed E-state index contributed by atoms with van der Waals surface area (Å²) in [6.45, 7) is 5.64. The number of rotatable bonds is 6. The second-order valence-electron chi connectivity index (χ2n) is 6.17. The number of carbonyl (C=O) groups excluding carboxylic acids is 5. The van der Waals surface area contributed by atoms with Gasteiger partial charge in [0.05, 0.1) is 6.61 Å². The molecule has 0 spiro atoms. The molecule has 27 heavy (non-hydrogen) atoms. The van der Waals surface area contributed by atoms with E-state index >= 15 is 0 Å². The number of carbonyl (C=O) groups is 5. The first-order chi connectivity index (χ1) is 12.5. The van der Waals surface area contributed by atoms with Gasteiger partial charge in [0.15, 0.2) is 12.2 Å². The Morgan fingerprint density at radius 3 is 1.52 bits per heavy atom. The summed E-state index contributed by atoms with van der Waals surface area (Å²) in [6.07, 6.45) is -4.42. The SMILES string of the molecule is CC(=O)OC[C@H]1C[C@@H](OC(C)=O)[C@@H](OC(C)=O)[C@@H](OC(C)=O)[C@@H]1OC(C)=O. The van der Waals surface area contributed by atoms with Crippen molar-refractivity contribution in [2.24, 2.45) is 5.92 Å². The maximum atomic E-state index is 11.6. The molecule has 152 valence electrons. The molecule has 0 aromatic carbocycles. The van der Waals surface area contributed by atoms with Gasteiger partial charge in [0.1, 0.15) is 12.2 Å². The summed E-state index contributed by atoms with van der Waals surface area (Å²) in [7, 11) is 0. The molecule has 0 unspecified atom stereocenters. The van der Waals surface area contributed by atoms with Gasteiger partial charge in [0, 0.05) is 40.5 Å². The zero-order valence-electron chi connectivity index (χ0n) is 15.9. The van der Waals surface area contributed by atoms with Crippen LogP contribution in [0.5, 0.6) is 0 Å². The first-order valence-electron chi connectivity index (χ1n) is 8.33. The molecule has 1 fully saturated rings. The Kier molecular flexibility index (Phi) is 8.20. The average Bonchev–Trinajstić information content (AvgIpc) is 2.49. The Morgan fingerprint density at radius 1 is 0.630 bits per heavy atom. The molecule has 0 N–H and O–H groups in total. The van der Waals surface area contributed by atoms with Gasteiger partial charge in [0.2, 0.25) is 0 Å². The van der Waals surface area contributed by atoms with E-state index in [1.807, 2.05) is 0 Å². The predicted octanol–water partition coefficient (Wildman–Crippen LogP) is 0.296. The maximum Gasteiger partial charge on any atom is 0.303 e. The smallest absolute Gasteiger partial charge is 0.303 e. The second kappa shape index (κ2) is 9.89. The van der Waals surface area contributed by atoms with Gasteiger partial charge in [-0.3, -0.25) is 24.0 Å². The zero-order valence-corrected chi connectivity index (χ0v) is 15.9. The van der Waals surface area contributed by atoms with Crippen molar-refractivity contribution in [2.75, 3.05) is 6.61 Å². The standard InChI is InChI=1S/C17H24O10/c1-8(18)23-7-13-6-14(24-9(2)19)16(26-11(4)21)17(27-12(5)22)15(13)25-10(3)20/h13-17H,6-7H2,1-5H3/t13-,14-,15-,16-,17+/m1/s1. The largest absolute Gasteiger partial charge is 0.465 e. The Bertz CT molecular complexity index is 599. The maximum absolute atomic E-state index is 11.6. The van der Waals surface area contributed by atoms with E-state index in [9.17, 15) is 24.0 Å². The monoisotopic (exact) mass is 388 g/mol. The lowest BCUT2D eigenvalue weighted by molar-refractivity contribution is -0.221. The number of ether oxygens (including phenoxy) is 5. The van der Waals surface area contributed by atoms with Crippen LogP contribution in [0.1, 0.15) is 41.0 Å². The Hall–Kier alpha value is -2.65. The minimum atomic E-state index is -1.24. The molecule has 5 atom stereocenters. The lowest BCUT2D eigenvalue weighted by Crippen LogP contribution is -2.59. The topological polar surface area (TPSA) is 132 Å². The van der Waals surface area contributed by atoms with Gasteiger partial charge in [-0.25, -0.2) is 0 Å². The van der Waals surface area contributed by atoms with Gasteiger partial charge >= 0.3 is 29.8 Å². The van der Waals surface area contributed by atoms with Crippen molar-refractivity contribution in [3.8, 4) is 0 Å². The van der Waals surface area contributed by atoms with Gasteiger partial charge in [0.25, 0.3) is 0 Å². The molecule has 0 aromatic heterocycles. The van der Waals surface area contributed by atoms with Crippen LogP contribution in [0, 0.1) is 5.92 Å². The molecule has 0 amide bonds. The van der Waals surface area contributed by atoms with Crippen LogP contribution in [0.15, 0.2) is 0 Å². The fourth-order valence-electron chi connectivity index (χ4n) is 2.96. The highest BCUT2D eigenvalue weighted by atomic mass is 16.6. The molecule has 0 heterocycles. The highest BCUT2D eigenvalue weighted by molar-refractivity contribution is 5.69. The summed E-state index contributed by atoms with van der Waals surface area (Å²) in [5, 5.41) is 0. The van der Waals surface area contributed by atoms with Crippen molar-refractivity contribution < 1.29 is 47.7 Å². The van der Waals surface area contributed by atoms with Crippen molar-refractivity contribution in [1.29, 1.82) is 0 Å². The third kappa shape index (κ3) is 7.24. The molecule has 0 aliphatic heterocycles. The summed E-state index contributed by atoms with van der Waals surface area (Å²) in [4.78, 5) is 57.3. The van der Waals surface area contributed by atoms with Crippen molar-refractivity contribution >= 4 is 29.8 Å². The molecule has 1 rings (SSSR count). The highest BCUT2D eigenvalue weighted by Gasteiger charge is 2.52. The van der Waals surface area contributed by atoms with E-state index in [0.29, 0.717) is 0 Å². The van der Waals surface area contributed by atoms with Crippen LogP contribution in [0.2, 0.25) is 0 Å². The minimum Gasteiger partial charge on any atom is -0.465 e. The highest BCUT2D eigenvalue weighted by Crippen LogP contribution is 2.34. The van der Waals surface area contributed by atoms with Gasteiger partial charge in [-0.1, -0.05) is 0 Å². The third-order valence-electron chi connectivity index (χ3n) is 3.74. The lowest BCUT2D eigenvalue weighted by atomic mass is 9.80. The molecule has 0 aromatic rings. The van der Waals surface area contributed by atoms with Gasteiger partial charge < -0.3 is 23.7 Å². The molecule has 10 heteroatoms. The van der Waals surface area contributed by atoms with Crippen molar-refractivity contribution in [2.45, 2.75) is 65.5 Å². The van der Waals surface area contributed by atoms with Crippen LogP contribution in [0.3, 0.4) is 0 Å². The van der Waals surface area contributed by atoms with Crippen LogP contribution in [0.25, 0.3) is 0 Å². The van der Waals surface area contributed by atoms with Crippen LogP contribution < -0.4 is 0 Å². The normalized spacial score (nSPS) is 27.1. The lowest BCUT2D eigenvalue weighted by Gasteiger charge is -2.43. The van der Waals surface area contributed by atoms with Gasteiger partial charge in [-0.15, -0.1) is 0 Å². The first kappa shape index (κ1) is 22.4. The molecule has 0 radical (unpaired) electrons. The summed E-state index contributed by atoms with van der Waals surface area (Å²) in [6, 6.07) is 0. The Morgan fingerprint density at radius 2 is 1.07 bits per heavy atom. The van der Waals surface area contributed by atoms with Gasteiger partial charge in [-0.2, -0.15) is 0 Å². The van der Waals surface area contributed by atoms with Crippen LogP contribution in [-0.2, 0) is 47.7 Å². The van der Waals surface area contributed by atoms with E-state index in [-0.39, 0.29) is 13.0 Å². The summed E-state index contributed by atoms with van der Waals surface area (Å²) >= 11 is 0. The quantitative estimate of drug-likeness (QED) is 0.462. The van der Waals surface area contributed by atoms with Crippen LogP contribution in [0.4, 0.5) is 0 Å². The molecule has 1 saturated carbocycles. The molecule has 1 aliphatic carbocycles. The predicted molar refractivity (Wildman–Crippen MR) is 87.0 cm³/mol. The van der Waals surface area contributed by atoms with Crippen molar-refractivity contribution in [1.82, 2.24) is 0 Å². The molecular formula is C17H24O10. The van der Waals surface area contributed by atoms with E-state index in [4.69, 9.17) is 23.7 Å². The third-order valence-corrected chi connectivity index (χ3v) is 3.74. The fourth-order valence-corrected chi connectivity index (χ4v) is 2.96. The molecule has 0 saturated heterocycles. The second-order valence-corrected chi connectivity index (χ2v) is 6.17. The fraction of sp³-hybridized carbons (Fsp3) is 0.706. The summed E-state index contributed by atoms with van der Waals surface area (Å²) in [5.41, 5.74) is 0. The summed E-state index contributed by atoms with van der Waals surface area (Å²) < 4.78 is 25.9. The molecular weight excluding hydrogens is 364 g/mol. The van der Waals surface area contributed by atoms with E-state index in [0.717, 1.165) is 20.8 Å². The van der Waals surface area contributed by atoms with Crippen molar-refractivity contribution in [3.05, 3.63) is 0 Å². The molecule has 0 bridgehead atoms. The van der Waals surface area contributed by atoms with Crippen molar-refractivity contribution in [3.63, 3.8) is 0 Å². The Balaban J connectivity index is 3.29. The molecule has 10 nitrogen and oxygen atoms in total.